The summed E-state index contributed by atoms with van der Waals surface area (Å²) < 4.78 is 43.2. The van der Waals surface area contributed by atoms with Gasteiger partial charge in [0.05, 0.1) is 24.4 Å². The lowest BCUT2D eigenvalue weighted by atomic mass is 10.2. The van der Waals surface area contributed by atoms with Crippen LogP contribution < -0.4 is 10.9 Å². The van der Waals surface area contributed by atoms with Crippen molar-refractivity contribution in [2.75, 3.05) is 12.0 Å². The van der Waals surface area contributed by atoms with Crippen molar-refractivity contribution in [2.45, 2.75) is 19.6 Å². The number of esters is 1. The first kappa shape index (κ1) is 20.6. The Morgan fingerprint density at radius 3 is 2.52 bits per heavy atom. The summed E-state index contributed by atoms with van der Waals surface area (Å²) in [5.41, 5.74) is 5.15. The van der Waals surface area contributed by atoms with Gasteiger partial charge in [0.1, 0.15) is 0 Å². The molecule has 0 aliphatic heterocycles. The minimum absolute atomic E-state index is 0.119. The maximum Gasteiger partial charge on any atom is 0.416 e. The van der Waals surface area contributed by atoms with E-state index in [1.165, 1.54) is 12.1 Å². The van der Waals surface area contributed by atoms with Crippen LogP contribution in [0.15, 0.2) is 53.5 Å². The number of carbonyl (C=O) groups is 1. The van der Waals surface area contributed by atoms with Crippen LogP contribution in [0.4, 0.5) is 18.9 Å². The number of nitrogens with zero attached hydrogens (tertiary/aromatic N) is 1. The van der Waals surface area contributed by atoms with Crippen molar-refractivity contribution in [3.63, 3.8) is 0 Å². The van der Waals surface area contributed by atoms with Gasteiger partial charge in [-0.25, -0.2) is 4.79 Å². The zero-order valence-electron chi connectivity index (χ0n) is 14.3. The first-order valence-electron chi connectivity index (χ1n) is 7.95. The van der Waals surface area contributed by atoms with E-state index in [0.717, 1.165) is 17.7 Å². The summed E-state index contributed by atoms with van der Waals surface area (Å²) >= 11 is 5.82. The predicted molar refractivity (Wildman–Crippen MR) is 97.4 cm³/mol. The minimum atomic E-state index is -4.47. The summed E-state index contributed by atoms with van der Waals surface area (Å²) in [6.45, 7) is 1.92. The van der Waals surface area contributed by atoms with Gasteiger partial charge in [0, 0.05) is 5.02 Å². The van der Waals surface area contributed by atoms with Gasteiger partial charge >= 0.3 is 12.1 Å². The minimum Gasteiger partial charge on any atom is -0.460 e. The zero-order chi connectivity index (χ0) is 19.9. The lowest BCUT2D eigenvalue weighted by Crippen LogP contribution is -2.37. The fraction of sp³-hybridized carbons (Fsp3) is 0.222. The number of ether oxygens (including phenoxy) is 1. The van der Waals surface area contributed by atoms with Gasteiger partial charge in [0.25, 0.3) is 0 Å². The highest BCUT2D eigenvalue weighted by Gasteiger charge is 2.30. The number of aliphatic imine (C=N–C) groups is 1. The lowest BCUT2D eigenvalue weighted by molar-refractivity contribution is -0.137. The van der Waals surface area contributed by atoms with E-state index in [2.05, 4.69) is 15.8 Å². The summed E-state index contributed by atoms with van der Waals surface area (Å²) in [4.78, 5) is 16.1. The van der Waals surface area contributed by atoms with E-state index in [4.69, 9.17) is 16.3 Å². The van der Waals surface area contributed by atoms with Gasteiger partial charge in [-0.05, 0) is 42.8 Å². The van der Waals surface area contributed by atoms with Crippen LogP contribution in [-0.2, 0) is 22.3 Å². The molecule has 2 aromatic rings. The third-order valence-corrected chi connectivity index (χ3v) is 3.57. The highest BCUT2D eigenvalue weighted by Crippen LogP contribution is 2.30. The molecule has 27 heavy (non-hydrogen) atoms. The molecule has 0 unspecified atom stereocenters. The number of hydrogen-bond acceptors (Lipinski definition) is 4. The van der Waals surface area contributed by atoms with Gasteiger partial charge in [0.2, 0.25) is 5.84 Å². The van der Waals surface area contributed by atoms with E-state index in [1.807, 2.05) is 0 Å². The van der Waals surface area contributed by atoms with Crippen LogP contribution in [0.5, 0.6) is 0 Å². The highest BCUT2D eigenvalue weighted by atomic mass is 35.5. The largest absolute Gasteiger partial charge is 0.460 e. The molecule has 0 heterocycles. The SMILES string of the molecule is CCOC(=O)C(=NCc1ccc(Cl)cc1)NNc1cccc(C(F)(F)F)c1. The van der Waals surface area contributed by atoms with Crippen LogP contribution in [0.3, 0.4) is 0 Å². The average Bonchev–Trinajstić information content (AvgIpc) is 2.63. The Labute approximate surface area is 159 Å². The second-order valence-electron chi connectivity index (χ2n) is 5.34. The molecule has 0 aliphatic carbocycles. The van der Waals surface area contributed by atoms with E-state index in [-0.39, 0.29) is 24.7 Å². The van der Waals surface area contributed by atoms with Crippen molar-refractivity contribution in [1.82, 2.24) is 5.43 Å². The number of halogens is 4. The lowest BCUT2D eigenvalue weighted by Gasteiger charge is -2.13. The molecule has 144 valence electrons. The molecule has 2 rings (SSSR count). The van der Waals surface area contributed by atoms with Crippen molar-refractivity contribution >= 4 is 29.1 Å². The Balaban J connectivity index is 2.11. The van der Waals surface area contributed by atoms with Crippen molar-refractivity contribution < 1.29 is 22.7 Å². The molecule has 0 spiro atoms. The Bertz CT molecular complexity index is 808. The van der Waals surface area contributed by atoms with Gasteiger partial charge in [0.15, 0.2) is 0 Å². The van der Waals surface area contributed by atoms with Crippen LogP contribution in [0.1, 0.15) is 18.1 Å². The van der Waals surface area contributed by atoms with Gasteiger partial charge in [-0.2, -0.15) is 13.2 Å². The Morgan fingerprint density at radius 1 is 1.19 bits per heavy atom. The number of anilines is 1. The number of benzene rings is 2. The van der Waals surface area contributed by atoms with Crippen LogP contribution in [0.25, 0.3) is 0 Å². The van der Waals surface area contributed by atoms with Crippen molar-refractivity contribution in [2.24, 2.45) is 4.99 Å². The molecule has 0 saturated carbocycles. The van der Waals surface area contributed by atoms with Gasteiger partial charge in [-0.15, -0.1) is 0 Å². The summed E-state index contributed by atoms with van der Waals surface area (Å²) in [5, 5.41) is 0.567. The monoisotopic (exact) mass is 399 g/mol. The molecular formula is C18H17ClF3N3O2. The topological polar surface area (TPSA) is 62.7 Å². The highest BCUT2D eigenvalue weighted by molar-refractivity contribution is 6.35. The fourth-order valence-electron chi connectivity index (χ4n) is 2.02. The summed E-state index contributed by atoms with van der Waals surface area (Å²) in [6.07, 6.45) is -4.47. The Morgan fingerprint density at radius 2 is 1.89 bits per heavy atom. The van der Waals surface area contributed by atoms with Gasteiger partial charge < -0.3 is 4.74 Å². The smallest absolute Gasteiger partial charge is 0.416 e. The van der Waals surface area contributed by atoms with Gasteiger partial charge in [-0.1, -0.05) is 29.8 Å². The molecule has 0 amide bonds. The molecular weight excluding hydrogens is 383 g/mol. The molecule has 2 N–H and O–H groups in total. The Hall–Kier alpha value is -2.74. The third-order valence-electron chi connectivity index (χ3n) is 3.32. The second-order valence-corrected chi connectivity index (χ2v) is 5.78. The fourth-order valence-corrected chi connectivity index (χ4v) is 2.15. The molecule has 2 aromatic carbocycles. The maximum atomic E-state index is 12.8. The third kappa shape index (κ3) is 6.49. The molecule has 0 saturated heterocycles. The van der Waals surface area contributed by atoms with E-state index >= 15 is 0 Å². The summed E-state index contributed by atoms with van der Waals surface area (Å²) in [5.74, 6) is -0.893. The number of rotatable bonds is 5. The van der Waals surface area contributed by atoms with E-state index < -0.39 is 17.7 Å². The van der Waals surface area contributed by atoms with Crippen LogP contribution in [-0.4, -0.2) is 18.4 Å². The molecule has 0 radical (unpaired) electrons. The quantitative estimate of drug-likeness (QED) is 0.338. The van der Waals surface area contributed by atoms with Crippen molar-refractivity contribution in [3.8, 4) is 0 Å². The van der Waals surface area contributed by atoms with E-state index in [0.29, 0.717) is 5.02 Å². The van der Waals surface area contributed by atoms with Crippen LogP contribution in [0.2, 0.25) is 5.02 Å². The number of carbonyl (C=O) groups excluding carboxylic acids is 1. The predicted octanol–water partition coefficient (Wildman–Crippen LogP) is 4.44. The molecule has 0 aromatic heterocycles. The Kier molecular flexibility index (Phi) is 7.06. The first-order chi connectivity index (χ1) is 12.8. The second kappa shape index (κ2) is 9.27. The average molecular weight is 400 g/mol. The number of amidine groups is 1. The number of nitrogens with one attached hydrogen (secondary N) is 2. The molecule has 0 fully saturated rings. The maximum absolute atomic E-state index is 12.8. The summed E-state index contributed by atoms with van der Waals surface area (Å²) in [6, 6.07) is 11.4. The standard InChI is InChI=1S/C18H17ClF3N3O2/c1-2-27-17(26)16(23-11-12-6-8-14(19)9-7-12)25-24-15-5-3-4-13(10-15)18(20,21)22/h3-10,24H,2,11H2,1H3,(H,23,25). The normalized spacial score (nSPS) is 11.8. The van der Waals surface area contributed by atoms with Gasteiger partial charge in [-0.3, -0.25) is 15.8 Å². The van der Waals surface area contributed by atoms with Crippen molar-refractivity contribution in [1.29, 1.82) is 0 Å². The van der Waals surface area contributed by atoms with Crippen LogP contribution >= 0.6 is 11.6 Å². The molecule has 0 bridgehead atoms. The van der Waals surface area contributed by atoms with Crippen molar-refractivity contribution in [3.05, 3.63) is 64.7 Å². The first-order valence-corrected chi connectivity index (χ1v) is 8.32. The number of hydrazine groups is 1. The molecule has 0 atom stereocenters. The number of hydrogen-bond donors (Lipinski definition) is 2. The zero-order valence-corrected chi connectivity index (χ0v) is 15.1. The van der Waals surface area contributed by atoms with Crippen LogP contribution in [0, 0.1) is 0 Å². The number of alkyl halides is 3. The molecule has 0 aliphatic rings. The molecule has 9 heteroatoms. The van der Waals surface area contributed by atoms with E-state index in [1.54, 1.807) is 31.2 Å². The molecule has 5 nitrogen and oxygen atoms in total. The summed E-state index contributed by atoms with van der Waals surface area (Å²) in [7, 11) is 0. The van der Waals surface area contributed by atoms with E-state index in [9.17, 15) is 18.0 Å².